The summed E-state index contributed by atoms with van der Waals surface area (Å²) in [5.74, 6) is -0.920. The molecule has 0 aliphatic carbocycles. The maximum Gasteiger partial charge on any atom is 0.243 e. The Morgan fingerprint density at radius 2 is 1.75 bits per heavy atom. The number of rotatable bonds is 9. The Hall–Kier alpha value is -1.32. The minimum Gasteiger partial charge on any atom is -0.550 e. The SMILES string of the molecule is CCCCCCCC(=O)[O-].CCCC[n+]1ccn(C)c1. The van der Waals surface area contributed by atoms with Gasteiger partial charge in [0.1, 0.15) is 12.4 Å². The summed E-state index contributed by atoms with van der Waals surface area (Å²) in [6.07, 6.45) is 14.4. The van der Waals surface area contributed by atoms with E-state index in [-0.39, 0.29) is 6.42 Å². The Bertz CT molecular complexity index is 348. The Balaban J connectivity index is 0.000000361. The van der Waals surface area contributed by atoms with Crippen LogP contribution in [-0.4, -0.2) is 10.5 Å². The van der Waals surface area contributed by atoms with Gasteiger partial charge in [-0.3, -0.25) is 0 Å². The number of aliphatic carboxylic acids is 1. The summed E-state index contributed by atoms with van der Waals surface area (Å²) >= 11 is 0. The predicted molar refractivity (Wildman–Crippen MR) is 78.9 cm³/mol. The van der Waals surface area contributed by atoms with Gasteiger partial charge in [0.25, 0.3) is 0 Å². The van der Waals surface area contributed by atoms with E-state index in [2.05, 4.69) is 41.7 Å². The molecule has 1 aromatic rings. The lowest BCUT2D eigenvalue weighted by atomic mass is 10.1. The summed E-state index contributed by atoms with van der Waals surface area (Å²) in [6, 6.07) is 0. The van der Waals surface area contributed by atoms with Crippen LogP contribution in [0.1, 0.15) is 65.2 Å². The number of imidazole rings is 1. The third-order valence-electron chi connectivity index (χ3n) is 3.08. The van der Waals surface area contributed by atoms with Gasteiger partial charge < -0.3 is 9.90 Å². The van der Waals surface area contributed by atoms with Gasteiger partial charge in [0.15, 0.2) is 0 Å². The lowest BCUT2D eigenvalue weighted by Crippen LogP contribution is -2.30. The number of hydrogen-bond donors (Lipinski definition) is 0. The Morgan fingerprint density at radius 1 is 1.10 bits per heavy atom. The van der Waals surface area contributed by atoms with Crippen molar-refractivity contribution in [1.82, 2.24) is 4.57 Å². The highest BCUT2D eigenvalue weighted by atomic mass is 16.4. The fraction of sp³-hybridized carbons (Fsp3) is 0.750. The molecule has 0 aromatic carbocycles. The van der Waals surface area contributed by atoms with Crippen molar-refractivity contribution in [3.8, 4) is 0 Å². The number of carboxylic acids is 1. The average Bonchev–Trinajstić information content (AvgIpc) is 2.82. The molecule has 0 spiro atoms. The molecular formula is C16H30N2O2. The molecule has 4 nitrogen and oxygen atoms in total. The van der Waals surface area contributed by atoms with Gasteiger partial charge in [0.2, 0.25) is 6.33 Å². The van der Waals surface area contributed by atoms with Gasteiger partial charge in [-0.2, -0.15) is 0 Å². The average molecular weight is 282 g/mol. The maximum atomic E-state index is 9.92. The lowest BCUT2D eigenvalue weighted by molar-refractivity contribution is -0.696. The number of carbonyl (C=O) groups excluding carboxylic acids is 1. The molecular weight excluding hydrogens is 252 g/mol. The van der Waals surface area contributed by atoms with Crippen molar-refractivity contribution in [2.24, 2.45) is 7.05 Å². The molecule has 0 atom stereocenters. The molecule has 0 unspecified atom stereocenters. The highest BCUT2D eigenvalue weighted by molar-refractivity contribution is 5.63. The molecule has 0 amide bonds. The van der Waals surface area contributed by atoms with E-state index in [1.807, 2.05) is 7.05 Å². The normalized spacial score (nSPS) is 9.95. The van der Waals surface area contributed by atoms with E-state index in [1.165, 1.54) is 25.7 Å². The minimum absolute atomic E-state index is 0.226. The smallest absolute Gasteiger partial charge is 0.243 e. The fourth-order valence-corrected chi connectivity index (χ4v) is 1.85. The van der Waals surface area contributed by atoms with Gasteiger partial charge in [-0.15, -0.1) is 0 Å². The van der Waals surface area contributed by atoms with Crippen LogP contribution in [0, 0.1) is 0 Å². The van der Waals surface area contributed by atoms with Crippen LogP contribution in [0.25, 0.3) is 0 Å². The van der Waals surface area contributed by atoms with Gasteiger partial charge in [0, 0.05) is 5.97 Å². The number of carboxylic acid groups (broad SMARTS) is 1. The Labute approximate surface area is 123 Å². The van der Waals surface area contributed by atoms with Crippen LogP contribution in [0.15, 0.2) is 18.7 Å². The number of aryl methyl sites for hydroxylation is 2. The third kappa shape index (κ3) is 11.8. The first kappa shape index (κ1) is 18.7. The van der Waals surface area contributed by atoms with Crippen molar-refractivity contribution in [3.05, 3.63) is 18.7 Å². The van der Waals surface area contributed by atoms with Gasteiger partial charge in [-0.05, 0) is 19.3 Å². The molecule has 0 saturated carbocycles. The van der Waals surface area contributed by atoms with Crippen molar-refractivity contribution < 1.29 is 14.5 Å². The lowest BCUT2D eigenvalue weighted by Gasteiger charge is -2.00. The molecule has 0 saturated heterocycles. The molecule has 0 N–H and O–H groups in total. The minimum atomic E-state index is -0.920. The highest BCUT2D eigenvalue weighted by Gasteiger charge is 1.96. The molecule has 0 fully saturated rings. The zero-order valence-corrected chi connectivity index (χ0v) is 13.3. The van der Waals surface area contributed by atoms with Gasteiger partial charge in [-0.1, -0.05) is 46.0 Å². The first-order chi connectivity index (χ1) is 9.60. The highest BCUT2D eigenvalue weighted by Crippen LogP contribution is 2.03. The molecule has 0 aliphatic heterocycles. The number of hydrogen-bond acceptors (Lipinski definition) is 2. The molecule has 1 aromatic heterocycles. The van der Waals surface area contributed by atoms with Crippen LogP contribution >= 0.6 is 0 Å². The Kier molecular flexibility index (Phi) is 11.9. The van der Waals surface area contributed by atoms with Crippen LogP contribution < -0.4 is 9.67 Å². The van der Waals surface area contributed by atoms with E-state index < -0.39 is 5.97 Å². The number of aromatic nitrogens is 2. The van der Waals surface area contributed by atoms with Crippen LogP contribution in [0.5, 0.6) is 0 Å². The van der Waals surface area contributed by atoms with Crippen molar-refractivity contribution in [2.45, 2.75) is 71.8 Å². The first-order valence-corrected chi connectivity index (χ1v) is 7.81. The van der Waals surface area contributed by atoms with Gasteiger partial charge in [0.05, 0.1) is 13.6 Å². The second-order valence-electron chi connectivity index (χ2n) is 5.21. The van der Waals surface area contributed by atoms with Crippen molar-refractivity contribution in [1.29, 1.82) is 0 Å². The molecule has 0 bridgehead atoms. The van der Waals surface area contributed by atoms with Crippen molar-refractivity contribution in [2.75, 3.05) is 0 Å². The van der Waals surface area contributed by atoms with E-state index in [9.17, 15) is 9.90 Å². The monoisotopic (exact) mass is 282 g/mol. The summed E-state index contributed by atoms with van der Waals surface area (Å²) in [4.78, 5) is 9.92. The third-order valence-corrected chi connectivity index (χ3v) is 3.08. The summed E-state index contributed by atoms with van der Waals surface area (Å²) in [5.41, 5.74) is 0. The van der Waals surface area contributed by atoms with Gasteiger partial charge >= 0.3 is 0 Å². The standard InChI is InChI=1S/C8H15N2.C8H16O2/c1-3-4-5-10-7-6-9(2)8-10;1-2-3-4-5-6-7-8(9)10/h6-8H,3-5H2,1-2H3;2-7H2,1H3,(H,9,10)/q+1;/p-1. The number of nitrogens with zero attached hydrogens (tertiary/aromatic N) is 2. The van der Waals surface area contributed by atoms with Crippen LogP contribution in [0.4, 0.5) is 0 Å². The fourth-order valence-electron chi connectivity index (χ4n) is 1.85. The molecule has 1 heterocycles. The van der Waals surface area contributed by atoms with Crippen molar-refractivity contribution >= 4 is 5.97 Å². The van der Waals surface area contributed by atoms with E-state index in [1.54, 1.807) is 0 Å². The topological polar surface area (TPSA) is 48.9 Å². The molecule has 1 rings (SSSR count). The second-order valence-corrected chi connectivity index (χ2v) is 5.21. The summed E-state index contributed by atoms with van der Waals surface area (Å²) in [5, 5.41) is 9.92. The van der Waals surface area contributed by atoms with E-state index >= 15 is 0 Å². The van der Waals surface area contributed by atoms with Crippen LogP contribution in [0.2, 0.25) is 0 Å². The zero-order valence-electron chi connectivity index (χ0n) is 13.3. The quantitative estimate of drug-likeness (QED) is 0.515. The van der Waals surface area contributed by atoms with Crippen LogP contribution in [-0.2, 0) is 18.4 Å². The second kappa shape index (κ2) is 12.7. The maximum absolute atomic E-state index is 9.92. The molecule has 116 valence electrons. The summed E-state index contributed by atoms with van der Waals surface area (Å²) in [7, 11) is 2.04. The summed E-state index contributed by atoms with van der Waals surface area (Å²) < 4.78 is 4.28. The number of unbranched alkanes of at least 4 members (excludes halogenated alkanes) is 5. The first-order valence-electron chi connectivity index (χ1n) is 7.81. The predicted octanol–water partition coefficient (Wildman–Crippen LogP) is 2.21. The number of carbonyl (C=O) groups is 1. The Morgan fingerprint density at radius 3 is 2.25 bits per heavy atom. The van der Waals surface area contributed by atoms with E-state index in [0.717, 1.165) is 25.8 Å². The summed E-state index contributed by atoms with van der Waals surface area (Å²) in [6.45, 7) is 5.50. The largest absolute Gasteiger partial charge is 0.550 e. The molecule has 4 heteroatoms. The van der Waals surface area contributed by atoms with Crippen molar-refractivity contribution in [3.63, 3.8) is 0 Å². The van der Waals surface area contributed by atoms with E-state index in [4.69, 9.17) is 0 Å². The van der Waals surface area contributed by atoms with E-state index in [0.29, 0.717) is 0 Å². The molecule has 0 radical (unpaired) electrons. The van der Waals surface area contributed by atoms with Gasteiger partial charge in [-0.25, -0.2) is 9.13 Å². The van der Waals surface area contributed by atoms with Crippen LogP contribution in [0.3, 0.4) is 0 Å². The molecule has 20 heavy (non-hydrogen) atoms. The zero-order chi connectivity index (χ0) is 15.2. The molecule has 0 aliphatic rings.